The van der Waals surface area contributed by atoms with E-state index in [0.29, 0.717) is 6.42 Å². The zero-order valence-electron chi connectivity index (χ0n) is 9.72. The van der Waals surface area contributed by atoms with Gasteiger partial charge in [0.05, 0.1) is 0 Å². The normalized spacial score (nSPS) is 11.2. The van der Waals surface area contributed by atoms with Crippen molar-refractivity contribution in [1.29, 1.82) is 0 Å². The maximum absolute atomic E-state index is 10.9. The Morgan fingerprint density at radius 2 is 1.83 bits per heavy atom. The zero-order chi connectivity index (χ0) is 12.5. The van der Waals surface area contributed by atoms with Crippen molar-refractivity contribution in [2.45, 2.75) is 12.8 Å². The number of hydrogen-bond donors (Lipinski definition) is 1. The predicted octanol–water partition coefficient (Wildman–Crippen LogP) is 3.98. The summed E-state index contributed by atoms with van der Waals surface area (Å²) in [5.41, 5.74) is 2.92. The molecule has 0 N–H and O–H groups in total. The van der Waals surface area contributed by atoms with Crippen molar-refractivity contribution in [3.05, 3.63) is 48.0 Å². The molecule has 0 radical (unpaired) electrons. The predicted molar refractivity (Wildman–Crippen MR) is 76.0 cm³/mol. The molecule has 0 amide bonds. The van der Waals surface area contributed by atoms with Crippen molar-refractivity contribution < 1.29 is 9.21 Å². The van der Waals surface area contributed by atoms with Crippen molar-refractivity contribution in [3.8, 4) is 0 Å². The number of rotatable bonds is 3. The summed E-state index contributed by atoms with van der Waals surface area (Å²) in [6.45, 7) is 0. The molecule has 0 spiro atoms. The molecule has 0 aliphatic rings. The van der Waals surface area contributed by atoms with E-state index in [0.717, 1.165) is 33.9 Å². The molecule has 2 nitrogen and oxygen atoms in total. The van der Waals surface area contributed by atoms with Crippen LogP contribution in [-0.2, 0) is 11.2 Å². The summed E-state index contributed by atoms with van der Waals surface area (Å²) >= 11 is 3.79. The van der Waals surface area contributed by atoms with E-state index in [4.69, 9.17) is 4.42 Å². The van der Waals surface area contributed by atoms with E-state index < -0.39 is 0 Å². The molecule has 0 atom stereocenters. The van der Waals surface area contributed by atoms with Gasteiger partial charge in [-0.1, -0.05) is 24.3 Å². The van der Waals surface area contributed by atoms with Gasteiger partial charge in [-0.3, -0.25) is 4.79 Å². The highest BCUT2D eigenvalue weighted by Gasteiger charge is 2.07. The van der Waals surface area contributed by atoms with Gasteiger partial charge >= 0.3 is 0 Å². The first kappa shape index (κ1) is 11.4. The molecule has 0 unspecified atom stereocenters. The third kappa shape index (κ3) is 2.02. The van der Waals surface area contributed by atoms with E-state index in [9.17, 15) is 4.79 Å². The third-order valence-electron chi connectivity index (χ3n) is 3.07. The lowest BCUT2D eigenvalue weighted by Crippen LogP contribution is -1.91. The first-order valence-electron chi connectivity index (χ1n) is 5.86. The molecule has 3 aromatic rings. The molecule has 0 saturated carbocycles. The van der Waals surface area contributed by atoms with Crippen LogP contribution >= 0.6 is 12.6 Å². The van der Waals surface area contributed by atoms with E-state index in [1.807, 2.05) is 30.3 Å². The topological polar surface area (TPSA) is 30.2 Å². The summed E-state index contributed by atoms with van der Waals surface area (Å²) in [5.74, 6) is 0. The molecule has 3 rings (SSSR count). The van der Waals surface area contributed by atoms with Crippen LogP contribution in [-0.4, -0.2) is 5.12 Å². The van der Waals surface area contributed by atoms with E-state index >= 15 is 0 Å². The second kappa shape index (κ2) is 4.50. The summed E-state index contributed by atoms with van der Waals surface area (Å²) in [7, 11) is 0. The number of fused-ring (bicyclic) bond motifs is 3. The Morgan fingerprint density at radius 1 is 1.06 bits per heavy atom. The number of carbonyl (C=O) groups excluding carboxylic acids is 1. The molecule has 0 saturated heterocycles. The first-order chi connectivity index (χ1) is 8.74. The van der Waals surface area contributed by atoms with Gasteiger partial charge in [-0.25, -0.2) is 0 Å². The van der Waals surface area contributed by atoms with Crippen molar-refractivity contribution in [2.75, 3.05) is 0 Å². The Hall–Kier alpha value is -1.74. The van der Waals surface area contributed by atoms with Gasteiger partial charge < -0.3 is 4.42 Å². The van der Waals surface area contributed by atoms with Crippen molar-refractivity contribution in [1.82, 2.24) is 0 Å². The largest absolute Gasteiger partial charge is 0.456 e. The van der Waals surface area contributed by atoms with Crippen molar-refractivity contribution in [3.63, 3.8) is 0 Å². The number of carbonyl (C=O) groups is 1. The number of para-hydroxylation sites is 1. The second-order valence-corrected chi connectivity index (χ2v) is 4.82. The molecule has 18 heavy (non-hydrogen) atoms. The molecule has 90 valence electrons. The van der Waals surface area contributed by atoms with Crippen LogP contribution in [0, 0.1) is 0 Å². The summed E-state index contributed by atoms with van der Waals surface area (Å²) < 4.78 is 5.75. The summed E-state index contributed by atoms with van der Waals surface area (Å²) in [5, 5.41) is 2.15. The number of benzene rings is 2. The van der Waals surface area contributed by atoms with E-state index in [-0.39, 0.29) is 5.12 Å². The highest BCUT2D eigenvalue weighted by atomic mass is 32.1. The van der Waals surface area contributed by atoms with Crippen LogP contribution in [0.25, 0.3) is 21.9 Å². The fourth-order valence-electron chi connectivity index (χ4n) is 2.18. The summed E-state index contributed by atoms with van der Waals surface area (Å²) in [6.07, 6.45) is 1.18. The van der Waals surface area contributed by atoms with Gasteiger partial charge in [-0.2, -0.15) is 0 Å². The molecular weight excluding hydrogens is 244 g/mol. The second-order valence-electron chi connectivity index (χ2n) is 4.32. The summed E-state index contributed by atoms with van der Waals surface area (Å²) in [4.78, 5) is 10.9. The monoisotopic (exact) mass is 256 g/mol. The highest BCUT2D eigenvalue weighted by Crippen LogP contribution is 2.29. The van der Waals surface area contributed by atoms with E-state index in [2.05, 4.69) is 24.8 Å². The molecule has 0 aliphatic carbocycles. The van der Waals surface area contributed by atoms with Crippen LogP contribution in [0.3, 0.4) is 0 Å². The fourth-order valence-corrected chi connectivity index (χ4v) is 2.29. The molecule has 2 aromatic carbocycles. The minimum atomic E-state index is -0.0767. The Morgan fingerprint density at radius 3 is 2.67 bits per heavy atom. The van der Waals surface area contributed by atoms with Gasteiger partial charge in [0.15, 0.2) is 5.12 Å². The van der Waals surface area contributed by atoms with E-state index in [1.165, 1.54) is 0 Å². The zero-order valence-corrected chi connectivity index (χ0v) is 10.6. The Labute approximate surface area is 110 Å². The van der Waals surface area contributed by atoms with Gasteiger partial charge in [0.25, 0.3) is 0 Å². The minimum absolute atomic E-state index is 0.0767. The van der Waals surface area contributed by atoms with Gasteiger partial charge in [0.2, 0.25) is 0 Å². The van der Waals surface area contributed by atoms with Crippen LogP contribution in [0.2, 0.25) is 0 Å². The number of furan rings is 1. The van der Waals surface area contributed by atoms with Gasteiger partial charge in [-0.15, -0.1) is 12.6 Å². The Bertz CT molecular complexity index is 728. The van der Waals surface area contributed by atoms with Gasteiger partial charge in [0.1, 0.15) is 11.2 Å². The van der Waals surface area contributed by atoms with Crippen molar-refractivity contribution in [2.24, 2.45) is 0 Å². The van der Waals surface area contributed by atoms with Crippen LogP contribution < -0.4 is 0 Å². The quantitative estimate of drug-likeness (QED) is 0.718. The van der Waals surface area contributed by atoms with Crippen LogP contribution in [0.5, 0.6) is 0 Å². The Kier molecular flexibility index (Phi) is 2.84. The summed E-state index contributed by atoms with van der Waals surface area (Å²) in [6, 6.07) is 14.0. The minimum Gasteiger partial charge on any atom is -0.456 e. The number of thiol groups is 1. The fraction of sp³-hybridized carbons (Fsp3) is 0.133. The smallest absolute Gasteiger partial charge is 0.186 e. The number of hydrogen-bond acceptors (Lipinski definition) is 2. The van der Waals surface area contributed by atoms with E-state index in [1.54, 1.807) is 0 Å². The van der Waals surface area contributed by atoms with Crippen LogP contribution in [0.1, 0.15) is 12.0 Å². The molecule has 1 aromatic heterocycles. The first-order valence-corrected chi connectivity index (χ1v) is 6.31. The molecule has 1 heterocycles. The maximum atomic E-state index is 10.9. The Balaban J connectivity index is 2.09. The van der Waals surface area contributed by atoms with Gasteiger partial charge in [0, 0.05) is 17.2 Å². The van der Waals surface area contributed by atoms with Gasteiger partial charge in [-0.05, 0) is 30.2 Å². The molecule has 0 aliphatic heterocycles. The average Bonchev–Trinajstić information content (AvgIpc) is 2.74. The highest BCUT2D eigenvalue weighted by molar-refractivity contribution is 7.96. The lowest BCUT2D eigenvalue weighted by molar-refractivity contribution is -0.110. The molecule has 0 fully saturated rings. The SMILES string of the molecule is O=C(S)CCc1ccc2oc3ccccc3c2c1. The lowest BCUT2D eigenvalue weighted by Gasteiger charge is -1.98. The van der Waals surface area contributed by atoms with Crippen LogP contribution in [0.4, 0.5) is 0 Å². The number of aryl methyl sites for hydroxylation is 1. The van der Waals surface area contributed by atoms with Crippen molar-refractivity contribution >= 4 is 39.7 Å². The van der Waals surface area contributed by atoms with Crippen LogP contribution in [0.15, 0.2) is 46.9 Å². The third-order valence-corrected chi connectivity index (χ3v) is 3.29. The molecular formula is C15H12O2S. The maximum Gasteiger partial charge on any atom is 0.186 e. The molecule has 0 bridgehead atoms. The molecule has 3 heteroatoms. The lowest BCUT2D eigenvalue weighted by atomic mass is 10.1. The standard InChI is InChI=1S/C15H12O2S/c16-15(18)8-6-10-5-7-14-12(9-10)11-3-1-2-4-13(11)17-14/h1-5,7,9H,6,8H2,(H,16,18). The average molecular weight is 256 g/mol.